The number of hydrogen-bond donors (Lipinski definition) is 2. The quantitative estimate of drug-likeness (QED) is 0.414. The molecule has 5 nitrogen and oxygen atoms in total. The van der Waals surface area contributed by atoms with Gasteiger partial charge in [0.05, 0.1) is 12.8 Å². The Bertz CT molecular complexity index is 1030. The fourth-order valence-corrected chi connectivity index (χ4v) is 2.96. The summed E-state index contributed by atoms with van der Waals surface area (Å²) in [5, 5.41) is 7.37. The Morgan fingerprint density at radius 3 is 2.13 bits per heavy atom. The van der Waals surface area contributed by atoms with Crippen LogP contribution in [-0.2, 0) is 16.0 Å². The summed E-state index contributed by atoms with van der Waals surface area (Å²) in [5.41, 5.74) is 6.78. The second kappa shape index (κ2) is 10.4. The molecule has 2 amide bonds. The van der Waals surface area contributed by atoms with Crippen molar-refractivity contribution < 1.29 is 9.59 Å². The molecule has 6 heteroatoms. The maximum absolute atomic E-state index is 12.1. The number of nitrogens with one attached hydrogen (secondary N) is 2. The average molecular weight is 420 g/mol. The molecule has 2 N–H and O–H groups in total. The van der Waals surface area contributed by atoms with Crippen LogP contribution in [0.1, 0.15) is 18.9 Å². The summed E-state index contributed by atoms with van der Waals surface area (Å²) < 4.78 is 0. The molecular formula is C24H22ClN3O2. The van der Waals surface area contributed by atoms with Gasteiger partial charge in [0.1, 0.15) is 0 Å². The van der Waals surface area contributed by atoms with Crippen molar-refractivity contribution in [2.24, 2.45) is 5.10 Å². The minimum absolute atomic E-state index is 0.0781. The Hall–Kier alpha value is -3.44. The summed E-state index contributed by atoms with van der Waals surface area (Å²) in [5.74, 6) is -0.454. The molecule has 0 bridgehead atoms. The lowest BCUT2D eigenvalue weighted by molar-refractivity contribution is -0.120. The van der Waals surface area contributed by atoms with Gasteiger partial charge in [-0.3, -0.25) is 9.59 Å². The van der Waals surface area contributed by atoms with Crippen LogP contribution in [0.25, 0.3) is 11.1 Å². The summed E-state index contributed by atoms with van der Waals surface area (Å²) >= 11 is 5.83. The zero-order valence-electron chi connectivity index (χ0n) is 16.6. The Morgan fingerprint density at radius 1 is 0.833 bits per heavy atom. The van der Waals surface area contributed by atoms with E-state index in [1.807, 2.05) is 54.6 Å². The van der Waals surface area contributed by atoms with Crippen molar-refractivity contribution in [2.75, 3.05) is 5.32 Å². The summed E-state index contributed by atoms with van der Waals surface area (Å²) in [6.45, 7) is 1.69. The molecule has 0 aromatic heterocycles. The van der Waals surface area contributed by atoms with Gasteiger partial charge in [-0.05, 0) is 47.9 Å². The van der Waals surface area contributed by atoms with Gasteiger partial charge in [-0.15, -0.1) is 0 Å². The van der Waals surface area contributed by atoms with E-state index in [1.54, 1.807) is 31.2 Å². The van der Waals surface area contributed by atoms with Crippen LogP contribution in [0.5, 0.6) is 0 Å². The minimum Gasteiger partial charge on any atom is -0.326 e. The molecule has 0 heterocycles. The highest BCUT2D eigenvalue weighted by molar-refractivity contribution is 6.30. The predicted octanol–water partition coefficient (Wildman–Crippen LogP) is 5.07. The van der Waals surface area contributed by atoms with Crippen LogP contribution in [0.15, 0.2) is 84.0 Å². The molecule has 152 valence electrons. The average Bonchev–Trinajstić information content (AvgIpc) is 2.75. The Kier molecular flexibility index (Phi) is 7.35. The lowest BCUT2D eigenvalue weighted by Gasteiger charge is -2.06. The number of benzene rings is 3. The van der Waals surface area contributed by atoms with Crippen LogP contribution in [0.3, 0.4) is 0 Å². The van der Waals surface area contributed by atoms with Gasteiger partial charge < -0.3 is 5.32 Å². The third-order valence-corrected chi connectivity index (χ3v) is 4.59. The molecule has 30 heavy (non-hydrogen) atoms. The Morgan fingerprint density at radius 2 is 1.47 bits per heavy atom. The van der Waals surface area contributed by atoms with Gasteiger partial charge in [-0.2, -0.15) is 5.10 Å². The first-order valence-electron chi connectivity index (χ1n) is 9.51. The molecule has 0 aliphatic heterocycles. The fraction of sp³-hybridized carbons (Fsp3) is 0.125. The van der Waals surface area contributed by atoms with Crippen LogP contribution in [0, 0.1) is 0 Å². The molecular weight excluding hydrogens is 398 g/mol. The number of rotatable bonds is 7. The third-order valence-electron chi connectivity index (χ3n) is 4.34. The lowest BCUT2D eigenvalue weighted by atomic mass is 10.0. The van der Waals surface area contributed by atoms with Gasteiger partial charge in [-0.1, -0.05) is 66.2 Å². The topological polar surface area (TPSA) is 70.6 Å². The molecule has 0 fully saturated rings. The van der Waals surface area contributed by atoms with E-state index in [0.29, 0.717) is 16.4 Å². The monoisotopic (exact) mass is 419 g/mol. The van der Waals surface area contributed by atoms with Crippen molar-refractivity contribution in [3.8, 4) is 11.1 Å². The first kappa shape index (κ1) is 21.3. The van der Waals surface area contributed by atoms with Crippen LogP contribution in [-0.4, -0.2) is 17.5 Å². The van der Waals surface area contributed by atoms with E-state index in [0.717, 1.165) is 16.7 Å². The van der Waals surface area contributed by atoms with Crippen LogP contribution in [0.2, 0.25) is 5.02 Å². The molecule has 3 aromatic rings. The molecule has 0 unspecified atom stereocenters. The maximum atomic E-state index is 12.1. The number of hydrogen-bond acceptors (Lipinski definition) is 3. The first-order chi connectivity index (χ1) is 14.5. The molecule has 3 aromatic carbocycles. The van der Waals surface area contributed by atoms with E-state index < -0.39 is 0 Å². The van der Waals surface area contributed by atoms with Crippen molar-refractivity contribution >= 4 is 34.8 Å². The van der Waals surface area contributed by atoms with E-state index in [-0.39, 0.29) is 24.7 Å². The summed E-state index contributed by atoms with van der Waals surface area (Å²) in [4.78, 5) is 24.2. The molecule has 0 aliphatic rings. The Balaban J connectivity index is 1.47. The molecule has 0 saturated heterocycles. The molecule has 3 rings (SSSR count). The zero-order valence-corrected chi connectivity index (χ0v) is 17.3. The second-order valence-electron chi connectivity index (χ2n) is 6.85. The molecule has 0 atom stereocenters. The van der Waals surface area contributed by atoms with Gasteiger partial charge >= 0.3 is 0 Å². The number of anilines is 1. The molecule has 0 saturated carbocycles. The second-order valence-corrected chi connectivity index (χ2v) is 7.29. The Labute approximate surface area is 180 Å². The van der Waals surface area contributed by atoms with Crippen molar-refractivity contribution in [1.29, 1.82) is 0 Å². The molecule has 0 spiro atoms. The lowest BCUT2D eigenvalue weighted by Crippen LogP contribution is -2.22. The first-order valence-corrected chi connectivity index (χ1v) is 9.89. The third kappa shape index (κ3) is 6.57. The van der Waals surface area contributed by atoms with Crippen LogP contribution >= 0.6 is 11.6 Å². The number of hydrazone groups is 1. The number of amides is 2. The highest BCUT2D eigenvalue weighted by Crippen LogP contribution is 2.19. The van der Waals surface area contributed by atoms with E-state index in [4.69, 9.17) is 11.6 Å². The smallest absolute Gasteiger partial charge is 0.244 e. The highest BCUT2D eigenvalue weighted by atomic mass is 35.5. The van der Waals surface area contributed by atoms with Crippen LogP contribution < -0.4 is 10.7 Å². The summed E-state index contributed by atoms with van der Waals surface area (Å²) in [6.07, 6.45) is 0.289. The van der Waals surface area contributed by atoms with Crippen molar-refractivity contribution in [3.05, 3.63) is 89.4 Å². The van der Waals surface area contributed by atoms with Crippen LogP contribution in [0.4, 0.5) is 5.69 Å². The van der Waals surface area contributed by atoms with E-state index >= 15 is 0 Å². The number of carbonyl (C=O) groups excluding carboxylic acids is 2. The SMILES string of the molecule is C/C(CC(=O)Nc1ccc(Cl)cc1)=N\NC(=O)Cc1ccc(-c2ccccc2)cc1. The zero-order chi connectivity index (χ0) is 21.3. The predicted molar refractivity (Wildman–Crippen MR) is 122 cm³/mol. The van der Waals surface area contributed by atoms with E-state index in [2.05, 4.69) is 15.8 Å². The van der Waals surface area contributed by atoms with E-state index in [9.17, 15) is 9.59 Å². The van der Waals surface area contributed by atoms with Gasteiger partial charge in [-0.25, -0.2) is 5.43 Å². The molecule has 0 aliphatic carbocycles. The number of nitrogens with zero attached hydrogens (tertiary/aromatic N) is 1. The highest BCUT2D eigenvalue weighted by Gasteiger charge is 2.07. The van der Waals surface area contributed by atoms with Gasteiger partial charge in [0, 0.05) is 16.4 Å². The summed E-state index contributed by atoms with van der Waals surface area (Å²) in [7, 11) is 0. The number of halogens is 1. The van der Waals surface area contributed by atoms with Gasteiger partial charge in [0.15, 0.2) is 0 Å². The van der Waals surface area contributed by atoms with Gasteiger partial charge in [0.2, 0.25) is 11.8 Å². The summed E-state index contributed by atoms with van der Waals surface area (Å²) in [6, 6.07) is 24.7. The number of carbonyl (C=O) groups is 2. The largest absolute Gasteiger partial charge is 0.326 e. The van der Waals surface area contributed by atoms with Crippen molar-refractivity contribution in [3.63, 3.8) is 0 Å². The van der Waals surface area contributed by atoms with Crippen molar-refractivity contribution in [1.82, 2.24) is 5.43 Å². The van der Waals surface area contributed by atoms with Crippen molar-refractivity contribution in [2.45, 2.75) is 19.8 Å². The van der Waals surface area contributed by atoms with E-state index in [1.165, 1.54) is 0 Å². The standard InChI is InChI=1S/C24H22ClN3O2/c1-17(15-23(29)26-22-13-11-21(25)12-14-22)27-28-24(30)16-18-7-9-20(10-8-18)19-5-3-2-4-6-19/h2-14H,15-16H2,1H3,(H,26,29)(H,28,30)/b27-17+. The van der Waals surface area contributed by atoms with Gasteiger partial charge in [0.25, 0.3) is 0 Å². The molecule has 0 radical (unpaired) electrons. The fourth-order valence-electron chi connectivity index (χ4n) is 2.84. The normalized spacial score (nSPS) is 11.1. The maximum Gasteiger partial charge on any atom is 0.244 e. The minimum atomic E-state index is -0.236.